The summed E-state index contributed by atoms with van der Waals surface area (Å²) in [5.41, 5.74) is 3.17. The lowest BCUT2D eigenvalue weighted by molar-refractivity contribution is -0.130. The quantitative estimate of drug-likeness (QED) is 0.744. The molecule has 6 nitrogen and oxygen atoms in total. The van der Waals surface area contributed by atoms with Gasteiger partial charge in [-0.15, -0.1) is 0 Å². The number of phenolic OH excluding ortho intramolecular Hbond substituents is 1. The van der Waals surface area contributed by atoms with Crippen molar-refractivity contribution < 1.29 is 9.90 Å². The van der Waals surface area contributed by atoms with Gasteiger partial charge in [0.25, 0.3) is 0 Å². The molecule has 140 valence electrons. The second-order valence-corrected chi connectivity index (χ2v) is 7.05. The second kappa shape index (κ2) is 7.31. The maximum Gasteiger partial charge on any atom is 0.241 e. The number of para-hydroxylation sites is 1. The van der Waals surface area contributed by atoms with Gasteiger partial charge in [-0.05, 0) is 56.0 Å². The molecule has 0 unspecified atom stereocenters. The van der Waals surface area contributed by atoms with Crippen LogP contribution < -0.4 is 5.32 Å². The van der Waals surface area contributed by atoms with Crippen molar-refractivity contribution in [1.29, 1.82) is 0 Å². The van der Waals surface area contributed by atoms with E-state index in [1.54, 1.807) is 12.1 Å². The number of rotatable bonds is 4. The maximum atomic E-state index is 12.6. The van der Waals surface area contributed by atoms with Crippen LogP contribution in [0.4, 0.5) is 5.82 Å². The van der Waals surface area contributed by atoms with E-state index < -0.39 is 0 Å². The molecule has 1 aliphatic rings. The number of aryl methyl sites for hydroxylation is 1. The fraction of sp³-hybridized carbons (Fsp3) is 0.333. The lowest BCUT2D eigenvalue weighted by Crippen LogP contribution is -2.39. The summed E-state index contributed by atoms with van der Waals surface area (Å²) in [6, 6.07) is 11.1. The summed E-state index contributed by atoms with van der Waals surface area (Å²) in [5.74, 6) is 0.986. The molecule has 0 saturated carbocycles. The topological polar surface area (TPSA) is 69.9 Å². The molecule has 0 atom stereocenters. The smallest absolute Gasteiger partial charge is 0.241 e. The molecule has 1 aromatic carbocycles. The number of imidazole rings is 1. The highest BCUT2D eigenvalue weighted by Gasteiger charge is 2.20. The van der Waals surface area contributed by atoms with E-state index in [0.717, 1.165) is 43.0 Å². The Morgan fingerprint density at radius 2 is 1.96 bits per heavy atom. The van der Waals surface area contributed by atoms with Gasteiger partial charge in [0.15, 0.2) is 0 Å². The first-order chi connectivity index (χ1) is 13.1. The van der Waals surface area contributed by atoms with Gasteiger partial charge < -0.3 is 15.3 Å². The number of carbonyl (C=O) groups is 1. The Kier molecular flexibility index (Phi) is 4.71. The molecule has 0 bridgehead atoms. The van der Waals surface area contributed by atoms with E-state index >= 15 is 0 Å². The lowest BCUT2D eigenvalue weighted by atomic mass is 10.1. The third-order valence-electron chi connectivity index (χ3n) is 5.06. The molecule has 3 heterocycles. The molecule has 3 aromatic rings. The largest absolute Gasteiger partial charge is 0.507 e. The van der Waals surface area contributed by atoms with Crippen molar-refractivity contribution in [2.24, 2.45) is 0 Å². The monoisotopic (exact) mass is 364 g/mol. The number of fused-ring (bicyclic) bond motifs is 1. The number of piperidine rings is 1. The summed E-state index contributed by atoms with van der Waals surface area (Å²) in [6.07, 6.45) is 5.28. The molecular weight excluding hydrogens is 340 g/mol. The number of hydrogen-bond donors (Lipinski definition) is 2. The molecule has 0 aliphatic carbocycles. The minimum atomic E-state index is 0.0972. The number of aromatic hydroxyl groups is 1. The molecule has 1 amide bonds. The van der Waals surface area contributed by atoms with Crippen LogP contribution >= 0.6 is 0 Å². The van der Waals surface area contributed by atoms with Crippen LogP contribution in [0, 0.1) is 6.92 Å². The SMILES string of the molecule is Cc1ccn2c(NCC(=O)N3CCCCC3)c(-c3ccccc3O)nc2c1. The number of benzene rings is 1. The predicted octanol–water partition coefficient (Wildman–Crippen LogP) is 3.44. The van der Waals surface area contributed by atoms with Crippen LogP contribution in [0.3, 0.4) is 0 Å². The first-order valence-electron chi connectivity index (χ1n) is 9.42. The minimum Gasteiger partial charge on any atom is -0.507 e. The van der Waals surface area contributed by atoms with E-state index in [1.807, 2.05) is 46.7 Å². The number of nitrogens with zero attached hydrogens (tertiary/aromatic N) is 3. The van der Waals surface area contributed by atoms with Crippen molar-refractivity contribution in [1.82, 2.24) is 14.3 Å². The van der Waals surface area contributed by atoms with Gasteiger partial charge in [0.2, 0.25) is 5.91 Å². The first kappa shape index (κ1) is 17.4. The fourth-order valence-electron chi connectivity index (χ4n) is 3.59. The number of nitrogens with one attached hydrogen (secondary N) is 1. The van der Waals surface area contributed by atoms with Crippen LogP contribution in [-0.2, 0) is 4.79 Å². The number of likely N-dealkylation sites (tertiary alicyclic amines) is 1. The van der Waals surface area contributed by atoms with Gasteiger partial charge in [-0.3, -0.25) is 9.20 Å². The molecule has 0 spiro atoms. The van der Waals surface area contributed by atoms with E-state index in [4.69, 9.17) is 4.98 Å². The van der Waals surface area contributed by atoms with Gasteiger partial charge in [-0.2, -0.15) is 0 Å². The van der Waals surface area contributed by atoms with Crippen LogP contribution in [0.15, 0.2) is 42.6 Å². The van der Waals surface area contributed by atoms with Crippen LogP contribution in [0.5, 0.6) is 5.75 Å². The van der Waals surface area contributed by atoms with Crippen LogP contribution in [0.2, 0.25) is 0 Å². The Labute approximate surface area is 158 Å². The van der Waals surface area contributed by atoms with E-state index in [1.165, 1.54) is 6.42 Å². The number of hydrogen-bond acceptors (Lipinski definition) is 4. The van der Waals surface area contributed by atoms with E-state index in [0.29, 0.717) is 11.3 Å². The number of aromatic nitrogens is 2. The molecule has 1 saturated heterocycles. The van der Waals surface area contributed by atoms with Crippen molar-refractivity contribution in [3.8, 4) is 17.0 Å². The summed E-state index contributed by atoms with van der Waals surface area (Å²) in [6.45, 7) is 3.89. The van der Waals surface area contributed by atoms with Gasteiger partial charge >= 0.3 is 0 Å². The Bertz CT molecular complexity index is 973. The Balaban J connectivity index is 1.68. The Morgan fingerprint density at radius 3 is 2.74 bits per heavy atom. The molecule has 1 aliphatic heterocycles. The zero-order valence-corrected chi connectivity index (χ0v) is 15.5. The van der Waals surface area contributed by atoms with Crippen LogP contribution in [0.25, 0.3) is 16.9 Å². The zero-order chi connectivity index (χ0) is 18.8. The summed E-state index contributed by atoms with van der Waals surface area (Å²) in [7, 11) is 0. The molecule has 4 rings (SSSR count). The molecule has 0 radical (unpaired) electrons. The number of anilines is 1. The van der Waals surface area contributed by atoms with Crippen molar-refractivity contribution in [3.05, 3.63) is 48.2 Å². The first-order valence-corrected chi connectivity index (χ1v) is 9.42. The highest BCUT2D eigenvalue weighted by molar-refractivity contribution is 5.85. The fourth-order valence-corrected chi connectivity index (χ4v) is 3.59. The third-order valence-corrected chi connectivity index (χ3v) is 5.06. The summed E-state index contributed by atoms with van der Waals surface area (Å²) in [5, 5.41) is 13.6. The highest BCUT2D eigenvalue weighted by Crippen LogP contribution is 2.34. The lowest BCUT2D eigenvalue weighted by Gasteiger charge is -2.27. The minimum absolute atomic E-state index is 0.0972. The van der Waals surface area contributed by atoms with Gasteiger partial charge in [-0.25, -0.2) is 4.98 Å². The molecule has 6 heteroatoms. The van der Waals surface area contributed by atoms with Gasteiger partial charge in [-0.1, -0.05) is 12.1 Å². The van der Waals surface area contributed by atoms with Crippen molar-refractivity contribution in [2.45, 2.75) is 26.2 Å². The number of amides is 1. The number of phenols is 1. The number of carbonyl (C=O) groups excluding carboxylic acids is 1. The normalized spacial score (nSPS) is 14.5. The van der Waals surface area contributed by atoms with Crippen molar-refractivity contribution >= 4 is 17.4 Å². The Morgan fingerprint density at radius 1 is 1.19 bits per heavy atom. The van der Waals surface area contributed by atoms with Gasteiger partial charge in [0.1, 0.15) is 22.9 Å². The molecule has 1 fully saturated rings. The summed E-state index contributed by atoms with van der Waals surface area (Å²) < 4.78 is 1.93. The van der Waals surface area contributed by atoms with E-state index in [9.17, 15) is 9.90 Å². The number of pyridine rings is 1. The predicted molar refractivity (Wildman–Crippen MR) is 106 cm³/mol. The third kappa shape index (κ3) is 3.47. The van der Waals surface area contributed by atoms with Crippen molar-refractivity contribution in [2.75, 3.05) is 25.0 Å². The van der Waals surface area contributed by atoms with Crippen LogP contribution in [-0.4, -0.2) is 44.9 Å². The summed E-state index contributed by atoms with van der Waals surface area (Å²) in [4.78, 5) is 19.2. The van der Waals surface area contributed by atoms with E-state index in [-0.39, 0.29) is 18.2 Å². The zero-order valence-electron chi connectivity index (χ0n) is 15.5. The standard InChI is InChI=1S/C21H24N4O2/c1-15-9-12-25-18(13-15)23-20(16-7-3-4-8-17(16)26)21(25)22-14-19(27)24-10-5-2-6-11-24/h3-4,7-9,12-13,22,26H,2,5-6,10-11,14H2,1H3. The molecule has 27 heavy (non-hydrogen) atoms. The van der Waals surface area contributed by atoms with Gasteiger partial charge in [0.05, 0.1) is 6.54 Å². The van der Waals surface area contributed by atoms with E-state index in [2.05, 4.69) is 5.32 Å². The molecule has 2 aromatic heterocycles. The average molecular weight is 364 g/mol. The van der Waals surface area contributed by atoms with Crippen LogP contribution in [0.1, 0.15) is 24.8 Å². The molecule has 2 N–H and O–H groups in total. The molecular formula is C21H24N4O2. The highest BCUT2D eigenvalue weighted by atomic mass is 16.3. The van der Waals surface area contributed by atoms with Crippen molar-refractivity contribution in [3.63, 3.8) is 0 Å². The van der Waals surface area contributed by atoms with Gasteiger partial charge in [0, 0.05) is 24.8 Å². The average Bonchev–Trinajstić information content (AvgIpc) is 3.04. The second-order valence-electron chi connectivity index (χ2n) is 7.05. The Hall–Kier alpha value is -3.02. The maximum absolute atomic E-state index is 12.6. The summed E-state index contributed by atoms with van der Waals surface area (Å²) >= 11 is 0.